The molecule has 0 aliphatic rings. The highest BCUT2D eigenvalue weighted by Gasteiger charge is 2.22. The lowest BCUT2D eigenvalue weighted by Crippen LogP contribution is -2.00. The number of hydrogen-bond acceptors (Lipinski definition) is 7. The van der Waals surface area contributed by atoms with E-state index in [0.717, 1.165) is 77.3 Å². The molecular formula is C57H31N3O2S2. The summed E-state index contributed by atoms with van der Waals surface area (Å²) in [5, 5.41) is 9.42. The number of aromatic nitrogens is 3. The maximum Gasteiger partial charge on any atom is 0.164 e. The molecule has 0 aliphatic carbocycles. The number of hydrogen-bond donors (Lipinski definition) is 0. The van der Waals surface area contributed by atoms with Crippen molar-refractivity contribution in [3.05, 3.63) is 188 Å². The minimum Gasteiger partial charge on any atom is -0.456 e. The van der Waals surface area contributed by atoms with Crippen molar-refractivity contribution in [2.45, 2.75) is 0 Å². The Bertz CT molecular complexity index is 4180. The van der Waals surface area contributed by atoms with Crippen LogP contribution in [-0.4, -0.2) is 15.0 Å². The van der Waals surface area contributed by atoms with E-state index in [-0.39, 0.29) is 0 Å². The summed E-state index contributed by atoms with van der Waals surface area (Å²) in [5.74, 6) is 1.85. The van der Waals surface area contributed by atoms with Crippen molar-refractivity contribution in [2.75, 3.05) is 0 Å². The van der Waals surface area contributed by atoms with E-state index < -0.39 is 0 Å². The van der Waals surface area contributed by atoms with E-state index in [1.165, 1.54) is 45.9 Å². The highest BCUT2D eigenvalue weighted by molar-refractivity contribution is 7.27. The Kier molecular flexibility index (Phi) is 7.66. The van der Waals surface area contributed by atoms with Gasteiger partial charge in [-0.1, -0.05) is 152 Å². The van der Waals surface area contributed by atoms with Gasteiger partial charge in [-0.15, -0.1) is 22.7 Å². The van der Waals surface area contributed by atoms with E-state index >= 15 is 0 Å². The van der Waals surface area contributed by atoms with Crippen molar-refractivity contribution in [1.29, 1.82) is 0 Å². The molecule has 5 heterocycles. The Hall–Kier alpha value is -7.97. The van der Waals surface area contributed by atoms with Gasteiger partial charge in [-0.2, -0.15) is 0 Å². The summed E-state index contributed by atoms with van der Waals surface area (Å²) in [6.45, 7) is 0. The second-order valence-electron chi connectivity index (χ2n) is 16.2. The molecule has 0 amide bonds. The van der Waals surface area contributed by atoms with Gasteiger partial charge in [0.15, 0.2) is 17.5 Å². The summed E-state index contributed by atoms with van der Waals surface area (Å²) in [7, 11) is 0. The third-order valence-electron chi connectivity index (χ3n) is 12.6. The molecule has 0 N–H and O–H groups in total. The second kappa shape index (κ2) is 13.8. The average molecular weight is 854 g/mol. The predicted molar refractivity (Wildman–Crippen MR) is 267 cm³/mol. The summed E-state index contributed by atoms with van der Waals surface area (Å²) in [5.41, 5.74) is 10.9. The molecule has 7 heteroatoms. The normalized spacial score (nSPS) is 12.1. The first-order chi connectivity index (χ1) is 31.7. The smallest absolute Gasteiger partial charge is 0.164 e. The zero-order valence-corrected chi connectivity index (χ0v) is 35.5. The van der Waals surface area contributed by atoms with Crippen molar-refractivity contribution in [3.63, 3.8) is 0 Å². The number of thiophene rings is 2. The topological polar surface area (TPSA) is 65.0 Å². The van der Waals surface area contributed by atoms with Crippen molar-refractivity contribution >= 4 is 107 Å². The lowest BCUT2D eigenvalue weighted by atomic mass is 9.96. The van der Waals surface area contributed by atoms with Crippen molar-refractivity contribution in [2.24, 2.45) is 0 Å². The monoisotopic (exact) mass is 853 g/mol. The van der Waals surface area contributed by atoms with E-state index in [1.807, 2.05) is 65.1 Å². The number of furan rings is 2. The fraction of sp³-hybridized carbons (Fsp3) is 0. The van der Waals surface area contributed by atoms with Gasteiger partial charge < -0.3 is 8.83 Å². The Morgan fingerprint density at radius 1 is 0.312 bits per heavy atom. The summed E-state index contributed by atoms with van der Waals surface area (Å²) in [6, 6.07) is 65.9. The Morgan fingerprint density at radius 2 is 0.797 bits per heavy atom. The van der Waals surface area contributed by atoms with Crippen molar-refractivity contribution < 1.29 is 8.83 Å². The van der Waals surface area contributed by atoms with Crippen LogP contribution in [0.15, 0.2) is 197 Å². The molecule has 0 bridgehead atoms. The van der Waals surface area contributed by atoms with Crippen LogP contribution in [0.2, 0.25) is 0 Å². The van der Waals surface area contributed by atoms with Gasteiger partial charge in [0.05, 0.1) is 0 Å². The van der Waals surface area contributed by atoms with Gasteiger partial charge >= 0.3 is 0 Å². The van der Waals surface area contributed by atoms with Gasteiger partial charge in [0.2, 0.25) is 0 Å². The fourth-order valence-electron chi connectivity index (χ4n) is 9.55. The zero-order chi connectivity index (χ0) is 41.9. The Labute approximate surface area is 373 Å². The van der Waals surface area contributed by atoms with Crippen LogP contribution in [-0.2, 0) is 0 Å². The first kappa shape index (κ1) is 35.6. The van der Waals surface area contributed by atoms with Crippen LogP contribution in [0.25, 0.3) is 141 Å². The van der Waals surface area contributed by atoms with Gasteiger partial charge in [0, 0.05) is 84.1 Å². The minimum absolute atomic E-state index is 0.614. The number of benzene rings is 9. The standard InChI is InChI=1S/C57H31N3O2S2/c1-2-12-34(13-3-1)55-58-56(35-26-22-32(23-27-35)41-31-46-50(38-15-5-9-19-45(38)61-46)54-49(41)39-16-6-10-20-47(39)64-54)60-57(59-55)36-28-24-33(25-29-36)42-30-43-37-14-4-8-18-44(37)62-52(43)51-40-17-7-11-21-48(40)63-53(42)51/h1-31H. The molecule has 9 aromatic carbocycles. The van der Waals surface area contributed by atoms with Gasteiger partial charge in [-0.3, -0.25) is 0 Å². The molecule has 0 saturated heterocycles. The number of para-hydroxylation sites is 2. The van der Waals surface area contributed by atoms with Gasteiger partial charge in [-0.25, -0.2) is 15.0 Å². The molecule has 0 atom stereocenters. The van der Waals surface area contributed by atoms with Crippen LogP contribution in [0.4, 0.5) is 0 Å². The first-order valence-electron chi connectivity index (χ1n) is 21.2. The Balaban J connectivity index is 0.892. The molecule has 64 heavy (non-hydrogen) atoms. The molecule has 14 aromatic rings. The number of rotatable bonds is 5. The molecule has 0 saturated carbocycles. The van der Waals surface area contributed by atoms with E-state index in [9.17, 15) is 0 Å². The SMILES string of the molecule is c1ccc(-c2nc(-c3ccc(-c4cc5c6ccccc6oc5c5c4sc4ccccc45)cc3)nc(-c3ccc(-c4cc5oc6ccccc6c5c5sc6ccccc6c45)cc3)n2)cc1. The van der Waals surface area contributed by atoms with Crippen LogP contribution in [0.1, 0.15) is 0 Å². The Morgan fingerprint density at radius 3 is 1.45 bits per heavy atom. The van der Waals surface area contributed by atoms with Crippen LogP contribution >= 0.6 is 22.7 Å². The minimum atomic E-state index is 0.614. The van der Waals surface area contributed by atoms with Gasteiger partial charge in [0.25, 0.3) is 0 Å². The average Bonchev–Trinajstić information content (AvgIpc) is 4.14. The number of fused-ring (bicyclic) bond motifs is 14. The molecular weight excluding hydrogens is 823 g/mol. The second-order valence-corrected chi connectivity index (χ2v) is 18.3. The molecule has 14 rings (SSSR count). The van der Waals surface area contributed by atoms with E-state index in [4.69, 9.17) is 23.8 Å². The maximum absolute atomic E-state index is 6.56. The van der Waals surface area contributed by atoms with E-state index in [0.29, 0.717) is 17.5 Å². The summed E-state index contributed by atoms with van der Waals surface area (Å²) < 4.78 is 18.0. The largest absolute Gasteiger partial charge is 0.456 e. The molecule has 0 fully saturated rings. The molecule has 298 valence electrons. The summed E-state index contributed by atoms with van der Waals surface area (Å²) >= 11 is 3.64. The fourth-order valence-corrected chi connectivity index (χ4v) is 12.1. The number of nitrogens with zero attached hydrogens (tertiary/aromatic N) is 3. The molecule has 0 unspecified atom stereocenters. The first-order valence-corrected chi connectivity index (χ1v) is 22.9. The van der Waals surface area contributed by atoms with Gasteiger partial charge in [0.1, 0.15) is 22.3 Å². The highest BCUT2D eigenvalue weighted by Crippen LogP contribution is 2.49. The van der Waals surface area contributed by atoms with Crippen LogP contribution in [0.3, 0.4) is 0 Å². The van der Waals surface area contributed by atoms with Crippen LogP contribution in [0.5, 0.6) is 0 Å². The zero-order valence-electron chi connectivity index (χ0n) is 33.9. The molecule has 0 radical (unpaired) electrons. The van der Waals surface area contributed by atoms with Crippen LogP contribution < -0.4 is 0 Å². The van der Waals surface area contributed by atoms with Crippen molar-refractivity contribution in [1.82, 2.24) is 15.0 Å². The van der Waals surface area contributed by atoms with E-state index in [1.54, 1.807) is 0 Å². The van der Waals surface area contributed by atoms with Crippen molar-refractivity contribution in [3.8, 4) is 56.4 Å². The summed E-state index contributed by atoms with van der Waals surface area (Å²) in [6.07, 6.45) is 0. The molecule has 0 spiro atoms. The quantitative estimate of drug-likeness (QED) is 0.173. The highest BCUT2D eigenvalue weighted by atomic mass is 32.1. The lowest BCUT2D eigenvalue weighted by molar-refractivity contribution is 0.669. The predicted octanol–water partition coefficient (Wildman–Crippen LogP) is 16.7. The summed E-state index contributed by atoms with van der Waals surface area (Å²) in [4.78, 5) is 15.3. The molecule has 0 aliphatic heterocycles. The third-order valence-corrected chi connectivity index (χ3v) is 14.9. The molecule has 5 nitrogen and oxygen atoms in total. The molecule has 5 aromatic heterocycles. The van der Waals surface area contributed by atoms with E-state index in [2.05, 4.69) is 146 Å². The van der Waals surface area contributed by atoms with Gasteiger partial charge in [-0.05, 0) is 53.1 Å². The maximum atomic E-state index is 6.56. The lowest BCUT2D eigenvalue weighted by Gasteiger charge is -2.11. The van der Waals surface area contributed by atoms with Crippen LogP contribution in [0, 0.1) is 0 Å². The third kappa shape index (κ3) is 5.38.